The van der Waals surface area contributed by atoms with Crippen LogP contribution in [0.1, 0.15) is 20.3 Å². The zero-order valence-electron chi connectivity index (χ0n) is 11.6. The summed E-state index contributed by atoms with van der Waals surface area (Å²) in [6, 6.07) is 5.24. The number of urea groups is 1. The third-order valence-electron chi connectivity index (χ3n) is 2.69. The predicted octanol–water partition coefficient (Wildman–Crippen LogP) is 2.09. The maximum Gasteiger partial charge on any atom is 0.319 e. The second-order valence-electron chi connectivity index (χ2n) is 4.97. The molecule has 20 heavy (non-hydrogen) atoms. The molecule has 0 saturated heterocycles. The van der Waals surface area contributed by atoms with Gasteiger partial charge >= 0.3 is 6.03 Å². The van der Waals surface area contributed by atoms with Gasteiger partial charge in [-0.3, -0.25) is 10.1 Å². The number of hydrogen-bond acceptors (Lipinski definition) is 4. The third-order valence-corrected chi connectivity index (χ3v) is 2.69. The van der Waals surface area contributed by atoms with Crippen molar-refractivity contribution in [2.24, 2.45) is 11.7 Å². The quantitative estimate of drug-likeness (QED) is 0.547. The third kappa shape index (κ3) is 5.23. The van der Waals surface area contributed by atoms with Crippen LogP contribution in [0, 0.1) is 16.0 Å². The highest BCUT2D eigenvalue weighted by molar-refractivity contribution is 5.89. The Balaban J connectivity index is 2.61. The molecular weight excluding hydrogens is 260 g/mol. The molecule has 110 valence electrons. The number of hydrogen-bond donors (Lipinski definition) is 3. The van der Waals surface area contributed by atoms with Gasteiger partial charge in [-0.25, -0.2) is 4.79 Å². The minimum Gasteiger partial charge on any atom is -0.334 e. The highest BCUT2D eigenvalue weighted by atomic mass is 16.6. The van der Waals surface area contributed by atoms with Crippen molar-refractivity contribution < 1.29 is 9.72 Å². The van der Waals surface area contributed by atoms with E-state index in [0.717, 1.165) is 6.42 Å². The minimum absolute atomic E-state index is 0.0691. The first kappa shape index (κ1) is 15.9. The van der Waals surface area contributed by atoms with Gasteiger partial charge in [0.1, 0.15) is 0 Å². The number of non-ortho nitro benzene ring substituents is 1. The molecule has 0 bridgehead atoms. The van der Waals surface area contributed by atoms with Gasteiger partial charge in [0, 0.05) is 30.4 Å². The molecular formula is C13H20N4O3. The number of nitrogens with two attached hydrogens (primary N) is 1. The Labute approximate surface area is 117 Å². The Morgan fingerprint density at radius 2 is 2.15 bits per heavy atom. The molecule has 0 aliphatic rings. The smallest absolute Gasteiger partial charge is 0.319 e. The van der Waals surface area contributed by atoms with Crippen LogP contribution in [-0.4, -0.2) is 23.5 Å². The molecule has 0 fully saturated rings. The molecule has 0 saturated carbocycles. The van der Waals surface area contributed by atoms with E-state index in [-0.39, 0.29) is 11.7 Å². The summed E-state index contributed by atoms with van der Waals surface area (Å²) in [6.07, 6.45) is 0.777. The van der Waals surface area contributed by atoms with Gasteiger partial charge in [-0.2, -0.15) is 0 Å². The fraction of sp³-hybridized carbons (Fsp3) is 0.462. The lowest BCUT2D eigenvalue weighted by molar-refractivity contribution is -0.384. The lowest BCUT2D eigenvalue weighted by Crippen LogP contribution is -2.43. The largest absolute Gasteiger partial charge is 0.334 e. The van der Waals surface area contributed by atoms with Gasteiger partial charge in [-0.1, -0.05) is 19.9 Å². The van der Waals surface area contributed by atoms with Crippen LogP contribution in [0.4, 0.5) is 16.2 Å². The molecule has 1 rings (SSSR count). The first-order chi connectivity index (χ1) is 9.42. The number of amides is 2. The number of nitro benzene ring substituents is 1. The van der Waals surface area contributed by atoms with Gasteiger partial charge in [0.2, 0.25) is 0 Å². The maximum absolute atomic E-state index is 11.8. The topological polar surface area (TPSA) is 110 Å². The summed E-state index contributed by atoms with van der Waals surface area (Å²) in [4.78, 5) is 21.9. The van der Waals surface area contributed by atoms with Crippen molar-refractivity contribution in [3.05, 3.63) is 34.4 Å². The average Bonchev–Trinajstić information content (AvgIpc) is 2.37. The number of carbonyl (C=O) groups is 1. The zero-order chi connectivity index (χ0) is 15.1. The number of nitrogens with zero attached hydrogens (tertiary/aromatic N) is 1. The van der Waals surface area contributed by atoms with E-state index in [0.29, 0.717) is 18.2 Å². The molecule has 0 aromatic heterocycles. The summed E-state index contributed by atoms with van der Waals surface area (Å²) in [5, 5.41) is 16.0. The van der Waals surface area contributed by atoms with Gasteiger partial charge < -0.3 is 16.4 Å². The van der Waals surface area contributed by atoms with Crippen LogP contribution in [0.25, 0.3) is 0 Å². The van der Waals surface area contributed by atoms with E-state index in [1.807, 2.05) is 13.8 Å². The van der Waals surface area contributed by atoms with Crippen LogP contribution in [-0.2, 0) is 0 Å². The number of nitro groups is 1. The van der Waals surface area contributed by atoms with Gasteiger partial charge in [-0.15, -0.1) is 0 Å². The fourth-order valence-corrected chi connectivity index (χ4v) is 1.83. The molecule has 1 unspecified atom stereocenters. The summed E-state index contributed by atoms with van der Waals surface area (Å²) in [5.74, 6) is 0.418. The minimum atomic E-state index is -0.509. The van der Waals surface area contributed by atoms with E-state index >= 15 is 0 Å². The van der Waals surface area contributed by atoms with Crippen molar-refractivity contribution in [3.8, 4) is 0 Å². The van der Waals surface area contributed by atoms with Crippen molar-refractivity contribution in [1.29, 1.82) is 0 Å². The number of carbonyl (C=O) groups excluding carboxylic acids is 1. The molecule has 7 nitrogen and oxygen atoms in total. The van der Waals surface area contributed by atoms with Crippen molar-refractivity contribution in [2.45, 2.75) is 26.3 Å². The molecule has 1 aromatic carbocycles. The molecule has 1 atom stereocenters. The van der Waals surface area contributed by atoms with E-state index < -0.39 is 11.0 Å². The maximum atomic E-state index is 11.8. The lowest BCUT2D eigenvalue weighted by atomic mass is 10.0. The highest BCUT2D eigenvalue weighted by Gasteiger charge is 2.13. The molecule has 2 amide bonds. The van der Waals surface area contributed by atoms with Crippen LogP contribution in [0.2, 0.25) is 0 Å². The molecule has 1 aromatic rings. The standard InChI is InChI=1S/C13H20N4O3/c1-9(2)6-11(8-14)16-13(18)15-10-4-3-5-12(7-10)17(19)20/h3-5,7,9,11H,6,8,14H2,1-2H3,(H2,15,16,18). The Kier molecular flexibility index (Phi) is 5.92. The van der Waals surface area contributed by atoms with Gasteiger partial charge in [-0.05, 0) is 18.4 Å². The number of nitrogens with one attached hydrogen (secondary N) is 2. The van der Waals surface area contributed by atoms with E-state index in [1.54, 1.807) is 6.07 Å². The SMILES string of the molecule is CC(C)CC(CN)NC(=O)Nc1cccc([N+](=O)[O-])c1. The highest BCUT2D eigenvalue weighted by Crippen LogP contribution is 2.16. The van der Waals surface area contributed by atoms with Crippen molar-refractivity contribution in [1.82, 2.24) is 5.32 Å². The Bertz CT molecular complexity index is 476. The zero-order valence-corrected chi connectivity index (χ0v) is 11.6. The van der Waals surface area contributed by atoms with Crippen molar-refractivity contribution in [2.75, 3.05) is 11.9 Å². The van der Waals surface area contributed by atoms with Crippen molar-refractivity contribution >= 4 is 17.4 Å². The van der Waals surface area contributed by atoms with Gasteiger partial charge in [0.15, 0.2) is 0 Å². The molecule has 0 spiro atoms. The number of benzene rings is 1. The van der Waals surface area contributed by atoms with Crippen molar-refractivity contribution in [3.63, 3.8) is 0 Å². The molecule has 4 N–H and O–H groups in total. The van der Waals surface area contributed by atoms with E-state index in [2.05, 4.69) is 10.6 Å². The van der Waals surface area contributed by atoms with E-state index in [1.165, 1.54) is 18.2 Å². The molecule has 7 heteroatoms. The summed E-state index contributed by atoms with van der Waals surface area (Å²) >= 11 is 0. The summed E-state index contributed by atoms with van der Waals surface area (Å²) in [6.45, 7) is 4.44. The predicted molar refractivity (Wildman–Crippen MR) is 77.5 cm³/mol. The molecule has 0 aliphatic carbocycles. The van der Waals surface area contributed by atoms with Crippen LogP contribution in [0.15, 0.2) is 24.3 Å². The van der Waals surface area contributed by atoms with Gasteiger partial charge in [0.25, 0.3) is 5.69 Å². The van der Waals surface area contributed by atoms with E-state index in [4.69, 9.17) is 5.73 Å². The second-order valence-corrected chi connectivity index (χ2v) is 4.97. The fourth-order valence-electron chi connectivity index (χ4n) is 1.83. The van der Waals surface area contributed by atoms with Crippen LogP contribution in [0.5, 0.6) is 0 Å². The first-order valence-corrected chi connectivity index (χ1v) is 6.44. The Hall–Kier alpha value is -2.15. The van der Waals surface area contributed by atoms with Crippen LogP contribution in [0.3, 0.4) is 0 Å². The summed E-state index contributed by atoms with van der Waals surface area (Å²) in [7, 11) is 0. The van der Waals surface area contributed by atoms with E-state index in [9.17, 15) is 14.9 Å². The molecule has 0 aliphatic heterocycles. The van der Waals surface area contributed by atoms with Gasteiger partial charge in [0.05, 0.1) is 4.92 Å². The molecule has 0 radical (unpaired) electrons. The van der Waals surface area contributed by atoms with Crippen LogP contribution >= 0.6 is 0 Å². The normalized spacial score (nSPS) is 12.0. The number of anilines is 1. The second kappa shape index (κ2) is 7.44. The Morgan fingerprint density at radius 3 is 2.70 bits per heavy atom. The number of rotatable bonds is 6. The lowest BCUT2D eigenvalue weighted by Gasteiger charge is -2.19. The molecule has 0 heterocycles. The Morgan fingerprint density at radius 1 is 1.45 bits per heavy atom. The van der Waals surface area contributed by atoms with Crippen LogP contribution < -0.4 is 16.4 Å². The summed E-state index contributed by atoms with van der Waals surface area (Å²) < 4.78 is 0. The monoisotopic (exact) mass is 280 g/mol. The first-order valence-electron chi connectivity index (χ1n) is 6.44. The average molecular weight is 280 g/mol. The summed E-state index contributed by atoms with van der Waals surface area (Å²) in [5.41, 5.74) is 5.90.